The van der Waals surface area contributed by atoms with Gasteiger partial charge < -0.3 is 9.15 Å². The van der Waals surface area contributed by atoms with Crippen molar-refractivity contribution in [3.8, 4) is 17.0 Å². The molecule has 31 heavy (non-hydrogen) atoms. The van der Waals surface area contributed by atoms with Gasteiger partial charge >= 0.3 is 0 Å². The topological polar surface area (TPSA) is 50.9 Å². The number of aryl methyl sites for hydroxylation is 2. The Hall–Kier alpha value is -3.38. The first-order chi connectivity index (χ1) is 15.1. The molecule has 1 atom stereocenters. The molecule has 2 aromatic carbocycles. The van der Waals surface area contributed by atoms with Crippen molar-refractivity contribution in [2.24, 2.45) is 5.10 Å². The summed E-state index contributed by atoms with van der Waals surface area (Å²) in [7, 11) is 1.67. The van der Waals surface area contributed by atoms with Crippen LogP contribution in [-0.2, 0) is 0 Å². The van der Waals surface area contributed by atoms with Crippen LogP contribution in [0.15, 0.2) is 75.8 Å². The number of furan rings is 1. The van der Waals surface area contributed by atoms with Crippen molar-refractivity contribution >= 4 is 22.2 Å². The van der Waals surface area contributed by atoms with Crippen molar-refractivity contribution in [2.45, 2.75) is 26.3 Å². The van der Waals surface area contributed by atoms with Gasteiger partial charge in [0.15, 0.2) is 0 Å². The van der Waals surface area contributed by atoms with Gasteiger partial charge in [-0.1, -0.05) is 12.1 Å². The number of aromatic nitrogens is 1. The number of hydrogen-bond acceptors (Lipinski definition) is 6. The highest BCUT2D eigenvalue weighted by molar-refractivity contribution is 7.14. The van der Waals surface area contributed by atoms with Gasteiger partial charge in [-0.2, -0.15) is 5.10 Å². The molecule has 0 N–H and O–H groups in total. The van der Waals surface area contributed by atoms with E-state index in [9.17, 15) is 0 Å². The molecule has 5 rings (SSSR count). The highest BCUT2D eigenvalue weighted by Crippen LogP contribution is 2.39. The maximum Gasteiger partial charge on any atom is 0.207 e. The third-order valence-corrected chi connectivity index (χ3v) is 6.53. The minimum atomic E-state index is -0.0224. The lowest BCUT2D eigenvalue weighted by Gasteiger charge is -2.18. The molecule has 0 aliphatic carbocycles. The van der Waals surface area contributed by atoms with Crippen LogP contribution in [0.4, 0.5) is 5.13 Å². The zero-order valence-electron chi connectivity index (χ0n) is 17.7. The first-order valence-corrected chi connectivity index (χ1v) is 11.1. The first kappa shape index (κ1) is 19.6. The molecule has 0 spiro atoms. The summed E-state index contributed by atoms with van der Waals surface area (Å²) < 4.78 is 11.0. The molecule has 1 aliphatic rings. The van der Waals surface area contributed by atoms with Crippen LogP contribution in [0.25, 0.3) is 11.3 Å². The lowest BCUT2D eigenvalue weighted by Crippen LogP contribution is -2.17. The van der Waals surface area contributed by atoms with E-state index in [-0.39, 0.29) is 6.04 Å². The van der Waals surface area contributed by atoms with Crippen molar-refractivity contribution in [1.82, 2.24) is 4.98 Å². The minimum Gasteiger partial charge on any atom is -0.497 e. The summed E-state index contributed by atoms with van der Waals surface area (Å²) >= 11 is 1.60. The highest BCUT2D eigenvalue weighted by Gasteiger charge is 2.33. The quantitative estimate of drug-likeness (QED) is 0.369. The predicted molar refractivity (Wildman–Crippen MR) is 125 cm³/mol. The van der Waals surface area contributed by atoms with Gasteiger partial charge in [-0.25, -0.2) is 9.99 Å². The van der Waals surface area contributed by atoms with E-state index in [1.165, 1.54) is 11.1 Å². The Balaban J connectivity index is 1.50. The van der Waals surface area contributed by atoms with Crippen molar-refractivity contribution in [1.29, 1.82) is 0 Å². The van der Waals surface area contributed by atoms with Gasteiger partial charge in [0, 0.05) is 17.4 Å². The molecule has 6 heteroatoms. The van der Waals surface area contributed by atoms with Crippen LogP contribution in [0.3, 0.4) is 0 Å². The van der Waals surface area contributed by atoms with E-state index in [4.69, 9.17) is 19.2 Å². The van der Waals surface area contributed by atoms with Crippen LogP contribution in [0.2, 0.25) is 0 Å². The number of thiazole rings is 1. The monoisotopic (exact) mass is 429 g/mol. The Morgan fingerprint density at radius 3 is 2.55 bits per heavy atom. The molecule has 156 valence electrons. The zero-order chi connectivity index (χ0) is 21.4. The summed E-state index contributed by atoms with van der Waals surface area (Å²) in [6.45, 7) is 4.25. The minimum absolute atomic E-state index is 0.0224. The van der Waals surface area contributed by atoms with E-state index in [1.807, 2.05) is 41.4 Å². The second kappa shape index (κ2) is 8.04. The third-order valence-electron chi connectivity index (χ3n) is 5.70. The molecule has 0 radical (unpaired) electrons. The number of hydrazone groups is 1. The molecule has 0 fully saturated rings. The Kier molecular flexibility index (Phi) is 5.08. The van der Waals surface area contributed by atoms with Crippen LogP contribution in [0.5, 0.6) is 5.75 Å². The maximum absolute atomic E-state index is 5.75. The van der Waals surface area contributed by atoms with Crippen LogP contribution in [-0.4, -0.2) is 17.8 Å². The Bertz CT molecular complexity index is 1230. The molecule has 0 bridgehead atoms. The van der Waals surface area contributed by atoms with Gasteiger partial charge in [-0.05, 0) is 73.0 Å². The zero-order valence-corrected chi connectivity index (χ0v) is 18.5. The molecule has 3 heterocycles. The van der Waals surface area contributed by atoms with Gasteiger partial charge in [0.1, 0.15) is 17.6 Å². The smallest absolute Gasteiger partial charge is 0.207 e. The summed E-state index contributed by atoms with van der Waals surface area (Å²) in [5, 5.41) is 9.91. The normalized spacial score (nSPS) is 15.9. The second-order valence-corrected chi connectivity index (χ2v) is 8.51. The average Bonchev–Trinajstić information content (AvgIpc) is 3.55. The summed E-state index contributed by atoms with van der Waals surface area (Å²) in [6, 6.07) is 18.4. The molecule has 5 nitrogen and oxygen atoms in total. The van der Waals surface area contributed by atoms with E-state index >= 15 is 0 Å². The van der Waals surface area contributed by atoms with Gasteiger partial charge in [0.05, 0.1) is 24.8 Å². The van der Waals surface area contributed by atoms with E-state index in [0.717, 1.165) is 45.6 Å². The molecular formula is C25H23N3O2S. The number of nitrogens with zero attached hydrogens (tertiary/aromatic N) is 3. The van der Waals surface area contributed by atoms with E-state index in [0.29, 0.717) is 0 Å². The number of methoxy groups -OCH3 is 1. The molecule has 1 aliphatic heterocycles. The molecule has 2 aromatic heterocycles. The molecule has 4 aromatic rings. The van der Waals surface area contributed by atoms with E-state index in [1.54, 1.807) is 24.7 Å². The van der Waals surface area contributed by atoms with Gasteiger partial charge in [-0.15, -0.1) is 11.3 Å². The molecular weight excluding hydrogens is 406 g/mol. The average molecular weight is 430 g/mol. The highest BCUT2D eigenvalue weighted by atomic mass is 32.1. The fourth-order valence-corrected chi connectivity index (χ4v) is 4.58. The lowest BCUT2D eigenvalue weighted by molar-refractivity contribution is 0.415. The number of anilines is 1. The standard InChI is InChI=1S/C25H23N3O2S/c1-16-6-7-19(13-17(16)2)22-15-31-25(26-22)28-23(24-5-4-12-30-24)14-21(27-28)18-8-10-20(29-3)11-9-18/h4-13,15,23H,14H2,1-3H3/t23-/m1/s1. The molecule has 0 unspecified atom stereocenters. The molecule has 0 saturated heterocycles. The summed E-state index contributed by atoms with van der Waals surface area (Å²) in [6.07, 6.45) is 2.46. The van der Waals surface area contributed by atoms with Crippen molar-refractivity contribution in [2.75, 3.05) is 12.1 Å². The van der Waals surface area contributed by atoms with Crippen molar-refractivity contribution < 1.29 is 9.15 Å². The van der Waals surface area contributed by atoms with E-state index in [2.05, 4.69) is 37.4 Å². The van der Waals surface area contributed by atoms with Crippen LogP contribution >= 0.6 is 11.3 Å². The van der Waals surface area contributed by atoms with Crippen molar-refractivity contribution in [3.63, 3.8) is 0 Å². The number of hydrogen-bond donors (Lipinski definition) is 0. The summed E-state index contributed by atoms with van der Waals surface area (Å²) in [5.74, 6) is 1.72. The number of rotatable bonds is 5. The van der Waals surface area contributed by atoms with Gasteiger partial charge in [0.2, 0.25) is 5.13 Å². The molecule has 0 saturated carbocycles. The predicted octanol–water partition coefficient (Wildman–Crippen LogP) is 6.38. The van der Waals surface area contributed by atoms with Gasteiger partial charge in [0.25, 0.3) is 0 Å². The summed E-state index contributed by atoms with van der Waals surface area (Å²) in [4.78, 5) is 4.92. The van der Waals surface area contributed by atoms with Gasteiger partial charge in [-0.3, -0.25) is 0 Å². The summed E-state index contributed by atoms with van der Waals surface area (Å²) in [5.41, 5.74) is 6.72. The van der Waals surface area contributed by atoms with E-state index < -0.39 is 0 Å². The Labute approximate surface area is 185 Å². The largest absolute Gasteiger partial charge is 0.497 e. The van der Waals surface area contributed by atoms with Crippen LogP contribution in [0.1, 0.15) is 34.9 Å². The number of ether oxygens (including phenoxy) is 1. The van der Waals surface area contributed by atoms with Crippen LogP contribution < -0.4 is 9.75 Å². The van der Waals surface area contributed by atoms with Crippen LogP contribution in [0, 0.1) is 13.8 Å². The Morgan fingerprint density at radius 2 is 1.84 bits per heavy atom. The maximum atomic E-state index is 5.75. The lowest BCUT2D eigenvalue weighted by atomic mass is 10.0. The second-order valence-electron chi connectivity index (χ2n) is 7.67. The fraction of sp³-hybridized carbons (Fsp3) is 0.200. The molecule has 0 amide bonds. The Morgan fingerprint density at radius 1 is 1.03 bits per heavy atom. The first-order valence-electron chi connectivity index (χ1n) is 10.2. The van der Waals surface area contributed by atoms with Crippen molar-refractivity contribution in [3.05, 3.63) is 88.7 Å². The SMILES string of the molecule is COc1ccc(C2=NN(c3nc(-c4ccc(C)c(C)c4)cs3)[C@@H](c3ccco3)C2)cc1. The number of benzene rings is 2. The third kappa shape index (κ3) is 3.75. The fourth-order valence-electron chi connectivity index (χ4n) is 3.75.